The van der Waals surface area contributed by atoms with Gasteiger partial charge in [-0.2, -0.15) is 4.31 Å². The summed E-state index contributed by atoms with van der Waals surface area (Å²) in [6.45, 7) is 3.89. The Morgan fingerprint density at radius 3 is 2.35 bits per heavy atom. The van der Waals surface area contributed by atoms with Gasteiger partial charge in [0, 0.05) is 25.3 Å². The molecule has 0 bridgehead atoms. The van der Waals surface area contributed by atoms with Crippen LogP contribution in [0.15, 0.2) is 77.7 Å². The molecule has 180 valence electrons. The number of benzene rings is 3. The van der Waals surface area contributed by atoms with Crippen LogP contribution in [0.5, 0.6) is 11.5 Å². The van der Waals surface area contributed by atoms with E-state index in [4.69, 9.17) is 9.47 Å². The van der Waals surface area contributed by atoms with Crippen molar-refractivity contribution in [2.45, 2.75) is 25.3 Å². The van der Waals surface area contributed by atoms with E-state index >= 15 is 0 Å². The van der Waals surface area contributed by atoms with Crippen molar-refractivity contribution in [3.63, 3.8) is 0 Å². The number of carbonyl (C=O) groups is 1. The van der Waals surface area contributed by atoms with Gasteiger partial charge in [0.15, 0.2) is 0 Å². The van der Waals surface area contributed by atoms with Gasteiger partial charge in [0.2, 0.25) is 15.9 Å². The third-order valence-corrected chi connectivity index (χ3v) is 7.20. The number of rotatable bonds is 10. The second-order valence-electron chi connectivity index (χ2n) is 7.77. The van der Waals surface area contributed by atoms with Crippen molar-refractivity contribution in [2.75, 3.05) is 32.2 Å². The summed E-state index contributed by atoms with van der Waals surface area (Å²) < 4.78 is 39.3. The summed E-state index contributed by atoms with van der Waals surface area (Å²) in [5.74, 6) is 0.871. The van der Waals surface area contributed by atoms with Gasteiger partial charge in [-0.15, -0.1) is 0 Å². The van der Waals surface area contributed by atoms with E-state index < -0.39 is 10.0 Å². The monoisotopic (exact) mass is 482 g/mol. The fourth-order valence-corrected chi connectivity index (χ4v) is 4.95. The fourth-order valence-electron chi connectivity index (χ4n) is 3.48. The Balaban J connectivity index is 1.93. The number of ether oxygens (including phenoxy) is 2. The first-order chi connectivity index (χ1) is 16.3. The van der Waals surface area contributed by atoms with Crippen LogP contribution >= 0.6 is 0 Å². The molecule has 0 saturated carbocycles. The maximum absolute atomic E-state index is 13.6. The molecule has 0 spiro atoms. The van der Waals surface area contributed by atoms with Crippen LogP contribution in [0.2, 0.25) is 0 Å². The molecule has 0 aromatic heterocycles. The van der Waals surface area contributed by atoms with Gasteiger partial charge in [-0.3, -0.25) is 4.79 Å². The Labute approximate surface area is 201 Å². The number of anilines is 1. The van der Waals surface area contributed by atoms with Gasteiger partial charge >= 0.3 is 0 Å². The van der Waals surface area contributed by atoms with Crippen LogP contribution in [0.1, 0.15) is 18.1 Å². The van der Waals surface area contributed by atoms with Gasteiger partial charge in [-0.25, -0.2) is 8.42 Å². The Morgan fingerprint density at radius 2 is 1.71 bits per heavy atom. The standard InChI is InChI=1S/C26H30N2O5S/c1-5-33-25-15-14-24(16-20(25)2)34(30,31)28(18-21-10-7-6-8-11-21)19-26(29)27(3)22-12-9-13-23(17-22)32-4/h6-17H,5,18-19H2,1-4H3. The minimum Gasteiger partial charge on any atom is -0.497 e. The van der Waals surface area contributed by atoms with Crippen molar-refractivity contribution in [3.8, 4) is 11.5 Å². The van der Waals surface area contributed by atoms with Gasteiger partial charge in [0.05, 0.1) is 25.2 Å². The molecule has 0 heterocycles. The smallest absolute Gasteiger partial charge is 0.243 e. The highest BCUT2D eigenvalue weighted by molar-refractivity contribution is 7.89. The Morgan fingerprint density at radius 1 is 0.971 bits per heavy atom. The third-order valence-electron chi connectivity index (χ3n) is 5.41. The lowest BCUT2D eigenvalue weighted by atomic mass is 10.2. The summed E-state index contributed by atoms with van der Waals surface area (Å²) in [4.78, 5) is 14.7. The summed E-state index contributed by atoms with van der Waals surface area (Å²) in [7, 11) is -0.805. The van der Waals surface area contributed by atoms with Crippen molar-refractivity contribution in [3.05, 3.63) is 83.9 Å². The Hall–Kier alpha value is -3.36. The second kappa shape index (κ2) is 11.2. The molecule has 3 aromatic rings. The van der Waals surface area contributed by atoms with Crippen molar-refractivity contribution >= 4 is 21.6 Å². The summed E-state index contributed by atoms with van der Waals surface area (Å²) in [6, 6.07) is 21.0. The minimum atomic E-state index is -3.97. The molecule has 34 heavy (non-hydrogen) atoms. The number of amides is 1. The molecule has 0 N–H and O–H groups in total. The first kappa shape index (κ1) is 25.3. The van der Waals surface area contributed by atoms with Crippen molar-refractivity contribution in [1.82, 2.24) is 4.31 Å². The first-order valence-electron chi connectivity index (χ1n) is 10.9. The minimum absolute atomic E-state index is 0.0626. The molecule has 7 nitrogen and oxygen atoms in total. The molecule has 0 unspecified atom stereocenters. The van der Waals surface area contributed by atoms with Crippen LogP contribution in [0.3, 0.4) is 0 Å². The zero-order valence-electron chi connectivity index (χ0n) is 19.9. The normalized spacial score (nSPS) is 11.3. The van der Waals surface area contributed by atoms with Gasteiger partial charge in [-0.05, 0) is 55.3 Å². The molecule has 1 amide bonds. The largest absolute Gasteiger partial charge is 0.497 e. The highest BCUT2D eigenvalue weighted by atomic mass is 32.2. The average molecular weight is 483 g/mol. The molecular weight excluding hydrogens is 452 g/mol. The highest BCUT2D eigenvalue weighted by Gasteiger charge is 2.29. The van der Waals surface area contributed by atoms with E-state index in [0.29, 0.717) is 29.4 Å². The molecule has 3 rings (SSSR count). The second-order valence-corrected chi connectivity index (χ2v) is 9.71. The first-order valence-corrected chi connectivity index (χ1v) is 12.4. The maximum Gasteiger partial charge on any atom is 0.243 e. The quantitative estimate of drug-likeness (QED) is 0.432. The van der Waals surface area contributed by atoms with E-state index in [0.717, 1.165) is 5.56 Å². The zero-order chi connectivity index (χ0) is 24.7. The summed E-state index contributed by atoms with van der Waals surface area (Å²) in [5.41, 5.74) is 2.10. The van der Waals surface area contributed by atoms with Gasteiger partial charge in [0.1, 0.15) is 11.5 Å². The fraction of sp³-hybridized carbons (Fsp3) is 0.269. The molecule has 0 atom stereocenters. The number of carbonyl (C=O) groups excluding carboxylic acids is 1. The number of hydrogen-bond donors (Lipinski definition) is 0. The lowest BCUT2D eigenvalue weighted by molar-refractivity contribution is -0.118. The van der Waals surface area contributed by atoms with Crippen LogP contribution in [-0.2, 0) is 21.4 Å². The number of hydrogen-bond acceptors (Lipinski definition) is 5. The van der Waals surface area contributed by atoms with E-state index in [1.807, 2.05) is 37.3 Å². The molecule has 0 saturated heterocycles. The Bertz CT molecular complexity index is 1230. The van der Waals surface area contributed by atoms with E-state index in [-0.39, 0.29) is 23.9 Å². The predicted octanol–water partition coefficient (Wildman–Crippen LogP) is 4.26. The lowest BCUT2D eigenvalue weighted by Crippen LogP contribution is -2.41. The molecule has 3 aromatic carbocycles. The van der Waals surface area contributed by atoms with Crippen LogP contribution < -0.4 is 14.4 Å². The van der Waals surface area contributed by atoms with E-state index in [1.54, 1.807) is 57.5 Å². The zero-order valence-corrected chi connectivity index (χ0v) is 20.7. The number of methoxy groups -OCH3 is 1. The van der Waals surface area contributed by atoms with E-state index in [1.165, 1.54) is 15.3 Å². The van der Waals surface area contributed by atoms with Crippen LogP contribution in [0, 0.1) is 6.92 Å². The Kier molecular flexibility index (Phi) is 8.31. The van der Waals surface area contributed by atoms with E-state index in [2.05, 4.69) is 0 Å². The number of sulfonamides is 1. The lowest BCUT2D eigenvalue weighted by Gasteiger charge is -2.25. The molecule has 8 heteroatoms. The summed E-state index contributed by atoms with van der Waals surface area (Å²) in [5, 5.41) is 0. The van der Waals surface area contributed by atoms with Gasteiger partial charge in [0.25, 0.3) is 0 Å². The molecule has 0 aliphatic carbocycles. The van der Waals surface area contributed by atoms with Gasteiger partial charge in [-0.1, -0.05) is 36.4 Å². The van der Waals surface area contributed by atoms with Crippen LogP contribution in [0.25, 0.3) is 0 Å². The number of nitrogens with zero attached hydrogens (tertiary/aromatic N) is 2. The molecule has 0 aliphatic heterocycles. The number of likely N-dealkylation sites (N-methyl/N-ethyl adjacent to an activating group) is 1. The van der Waals surface area contributed by atoms with Crippen molar-refractivity contribution in [2.24, 2.45) is 0 Å². The van der Waals surface area contributed by atoms with Crippen molar-refractivity contribution in [1.29, 1.82) is 0 Å². The molecule has 0 radical (unpaired) electrons. The molecular formula is C26H30N2O5S. The highest BCUT2D eigenvalue weighted by Crippen LogP contribution is 2.26. The molecule has 0 aliphatic rings. The maximum atomic E-state index is 13.6. The summed E-state index contributed by atoms with van der Waals surface area (Å²) in [6.07, 6.45) is 0. The topological polar surface area (TPSA) is 76.2 Å². The van der Waals surface area contributed by atoms with Crippen LogP contribution in [0.4, 0.5) is 5.69 Å². The van der Waals surface area contributed by atoms with E-state index in [9.17, 15) is 13.2 Å². The van der Waals surface area contributed by atoms with Crippen molar-refractivity contribution < 1.29 is 22.7 Å². The third kappa shape index (κ3) is 5.95. The SMILES string of the molecule is CCOc1ccc(S(=O)(=O)N(CC(=O)N(C)c2cccc(OC)c2)Cc2ccccc2)cc1C. The summed E-state index contributed by atoms with van der Waals surface area (Å²) >= 11 is 0. The van der Waals surface area contributed by atoms with Crippen LogP contribution in [-0.4, -0.2) is 45.9 Å². The van der Waals surface area contributed by atoms with Gasteiger partial charge < -0.3 is 14.4 Å². The molecule has 0 fully saturated rings. The average Bonchev–Trinajstić information content (AvgIpc) is 2.85. The number of aryl methyl sites for hydroxylation is 1. The predicted molar refractivity (Wildman–Crippen MR) is 133 cm³/mol.